The van der Waals surface area contributed by atoms with Gasteiger partial charge in [0.2, 0.25) is 0 Å². The van der Waals surface area contributed by atoms with Crippen LogP contribution < -0.4 is 0 Å². The summed E-state index contributed by atoms with van der Waals surface area (Å²) < 4.78 is 0. The van der Waals surface area contributed by atoms with Gasteiger partial charge >= 0.3 is 5.97 Å². The molecular formula is C22H38O2. The zero-order valence-electron chi connectivity index (χ0n) is 15.7. The molecule has 0 rings (SSSR count). The van der Waals surface area contributed by atoms with Crippen LogP contribution in [0.3, 0.4) is 0 Å². The van der Waals surface area contributed by atoms with E-state index in [2.05, 4.69) is 43.4 Å². The van der Waals surface area contributed by atoms with E-state index in [9.17, 15) is 4.79 Å². The number of hydrogen-bond donors (Lipinski definition) is 1. The molecule has 0 radical (unpaired) electrons. The Balaban J connectivity index is 3.23. The lowest BCUT2D eigenvalue weighted by atomic mass is 10.1. The minimum atomic E-state index is -0.694. The number of carbonyl (C=O) groups is 1. The van der Waals surface area contributed by atoms with Crippen molar-refractivity contribution in [3.05, 3.63) is 36.5 Å². The van der Waals surface area contributed by atoms with Gasteiger partial charge in [-0.1, -0.05) is 69.1 Å². The first-order valence-electron chi connectivity index (χ1n) is 9.94. The van der Waals surface area contributed by atoms with Gasteiger partial charge in [-0.25, -0.2) is 0 Å². The van der Waals surface area contributed by atoms with Crippen molar-refractivity contribution in [3.63, 3.8) is 0 Å². The second-order valence-electron chi connectivity index (χ2n) is 6.42. The Morgan fingerprint density at radius 2 is 1.12 bits per heavy atom. The van der Waals surface area contributed by atoms with Gasteiger partial charge in [-0.2, -0.15) is 0 Å². The van der Waals surface area contributed by atoms with Crippen molar-refractivity contribution < 1.29 is 9.90 Å². The molecule has 0 fully saturated rings. The van der Waals surface area contributed by atoms with Crippen molar-refractivity contribution in [1.29, 1.82) is 0 Å². The van der Waals surface area contributed by atoms with Crippen molar-refractivity contribution in [3.8, 4) is 0 Å². The van der Waals surface area contributed by atoms with Gasteiger partial charge in [0.25, 0.3) is 0 Å². The van der Waals surface area contributed by atoms with Crippen LogP contribution in [0, 0.1) is 0 Å². The normalized spacial score (nSPS) is 12.0. The average Bonchev–Trinajstić information content (AvgIpc) is 2.56. The van der Waals surface area contributed by atoms with Crippen LogP contribution in [0.2, 0.25) is 0 Å². The molecule has 0 aliphatic rings. The van der Waals surface area contributed by atoms with E-state index in [4.69, 9.17) is 5.11 Å². The number of carboxylic acids is 1. The zero-order valence-corrected chi connectivity index (χ0v) is 15.7. The molecule has 0 unspecified atom stereocenters. The van der Waals surface area contributed by atoms with E-state index in [-0.39, 0.29) is 6.42 Å². The molecule has 0 aromatic carbocycles. The van der Waals surface area contributed by atoms with Gasteiger partial charge in [-0.05, 0) is 57.8 Å². The minimum Gasteiger partial charge on any atom is -0.481 e. The van der Waals surface area contributed by atoms with Crippen molar-refractivity contribution in [1.82, 2.24) is 0 Å². The van der Waals surface area contributed by atoms with Gasteiger partial charge in [0, 0.05) is 6.42 Å². The SMILES string of the molecule is CCCCC/C=C\C/C=C\CCCCCC/C=C\CCCC(=O)O. The highest BCUT2D eigenvalue weighted by molar-refractivity contribution is 5.66. The maximum absolute atomic E-state index is 10.3. The summed E-state index contributed by atoms with van der Waals surface area (Å²) >= 11 is 0. The molecule has 0 aromatic heterocycles. The monoisotopic (exact) mass is 334 g/mol. The highest BCUT2D eigenvalue weighted by Gasteiger charge is 1.93. The van der Waals surface area contributed by atoms with Crippen LogP contribution in [-0.4, -0.2) is 11.1 Å². The van der Waals surface area contributed by atoms with Crippen molar-refractivity contribution >= 4 is 5.97 Å². The van der Waals surface area contributed by atoms with Gasteiger partial charge < -0.3 is 5.11 Å². The fraction of sp³-hybridized carbons (Fsp3) is 0.682. The third-order valence-electron chi connectivity index (χ3n) is 4.00. The molecule has 0 atom stereocenters. The minimum absolute atomic E-state index is 0.284. The first-order chi connectivity index (χ1) is 11.8. The van der Waals surface area contributed by atoms with Crippen LogP contribution in [-0.2, 0) is 4.79 Å². The lowest BCUT2D eigenvalue weighted by molar-refractivity contribution is -0.137. The number of rotatable bonds is 17. The molecule has 1 N–H and O–H groups in total. The molecule has 0 spiro atoms. The second-order valence-corrected chi connectivity index (χ2v) is 6.42. The topological polar surface area (TPSA) is 37.3 Å². The summed E-state index contributed by atoms with van der Waals surface area (Å²) in [5.41, 5.74) is 0. The molecular weight excluding hydrogens is 296 g/mol. The Morgan fingerprint density at radius 3 is 1.62 bits per heavy atom. The molecule has 138 valence electrons. The summed E-state index contributed by atoms with van der Waals surface area (Å²) in [5.74, 6) is -0.694. The predicted octanol–water partition coefficient (Wildman–Crippen LogP) is 7.22. The van der Waals surface area contributed by atoms with E-state index in [0.717, 1.165) is 25.7 Å². The number of aliphatic carboxylic acids is 1. The molecule has 2 nitrogen and oxygen atoms in total. The molecule has 0 saturated heterocycles. The third-order valence-corrected chi connectivity index (χ3v) is 4.00. The predicted molar refractivity (Wildman–Crippen MR) is 105 cm³/mol. The van der Waals surface area contributed by atoms with Crippen molar-refractivity contribution in [2.24, 2.45) is 0 Å². The lowest BCUT2D eigenvalue weighted by Gasteiger charge is -1.97. The second kappa shape index (κ2) is 19.7. The molecule has 0 saturated carbocycles. The summed E-state index contributed by atoms with van der Waals surface area (Å²) in [4.78, 5) is 10.3. The first kappa shape index (κ1) is 22.7. The van der Waals surface area contributed by atoms with Crippen LogP contribution >= 0.6 is 0 Å². The van der Waals surface area contributed by atoms with Gasteiger partial charge in [0.1, 0.15) is 0 Å². The Morgan fingerprint density at radius 1 is 0.667 bits per heavy atom. The molecule has 0 aliphatic carbocycles. The van der Waals surface area contributed by atoms with E-state index in [1.54, 1.807) is 0 Å². The molecule has 24 heavy (non-hydrogen) atoms. The van der Waals surface area contributed by atoms with Crippen LogP contribution in [0.4, 0.5) is 0 Å². The van der Waals surface area contributed by atoms with Crippen molar-refractivity contribution in [2.75, 3.05) is 0 Å². The van der Waals surface area contributed by atoms with E-state index >= 15 is 0 Å². The van der Waals surface area contributed by atoms with E-state index in [1.165, 1.54) is 57.8 Å². The Bertz CT molecular complexity index is 353. The van der Waals surface area contributed by atoms with Crippen LogP contribution in [0.5, 0.6) is 0 Å². The van der Waals surface area contributed by atoms with E-state index in [0.29, 0.717) is 0 Å². The number of carboxylic acid groups (broad SMARTS) is 1. The number of unbranched alkanes of at least 4 members (excludes halogenated alkanes) is 9. The standard InChI is InChI=1S/C22H38O2/c1-2-3-4-5-6-7-8-9-10-11-12-13-14-15-16-17-18-19-20-21-22(23)24/h6-7,9-10,17-18H,2-5,8,11-16,19-21H2,1H3,(H,23,24)/b7-6-,10-9-,18-17-. The fourth-order valence-electron chi connectivity index (χ4n) is 2.50. The Hall–Kier alpha value is -1.31. The highest BCUT2D eigenvalue weighted by Crippen LogP contribution is 2.07. The molecule has 0 aliphatic heterocycles. The summed E-state index contributed by atoms with van der Waals surface area (Å²) in [6, 6.07) is 0. The fourth-order valence-corrected chi connectivity index (χ4v) is 2.50. The summed E-state index contributed by atoms with van der Waals surface area (Å²) in [6.07, 6.45) is 29.2. The maximum Gasteiger partial charge on any atom is 0.303 e. The van der Waals surface area contributed by atoms with Gasteiger partial charge in [-0.15, -0.1) is 0 Å². The van der Waals surface area contributed by atoms with Crippen LogP contribution in [0.15, 0.2) is 36.5 Å². The van der Waals surface area contributed by atoms with E-state index in [1.807, 2.05) is 0 Å². The first-order valence-corrected chi connectivity index (χ1v) is 9.94. The maximum atomic E-state index is 10.3. The molecule has 2 heteroatoms. The number of allylic oxidation sites excluding steroid dienone is 6. The van der Waals surface area contributed by atoms with Crippen molar-refractivity contribution in [2.45, 2.75) is 96.8 Å². The smallest absolute Gasteiger partial charge is 0.303 e. The summed E-state index contributed by atoms with van der Waals surface area (Å²) in [7, 11) is 0. The molecule has 0 aromatic rings. The summed E-state index contributed by atoms with van der Waals surface area (Å²) in [5, 5.41) is 8.52. The summed E-state index contributed by atoms with van der Waals surface area (Å²) in [6.45, 7) is 2.24. The van der Waals surface area contributed by atoms with E-state index < -0.39 is 5.97 Å². The Kier molecular flexibility index (Phi) is 18.7. The zero-order chi connectivity index (χ0) is 17.7. The average molecular weight is 335 g/mol. The van der Waals surface area contributed by atoms with Gasteiger partial charge in [-0.3, -0.25) is 4.79 Å². The van der Waals surface area contributed by atoms with Gasteiger partial charge in [0.05, 0.1) is 0 Å². The Labute approximate surface area is 149 Å². The largest absolute Gasteiger partial charge is 0.481 e. The lowest BCUT2D eigenvalue weighted by Crippen LogP contribution is -1.92. The highest BCUT2D eigenvalue weighted by atomic mass is 16.4. The third kappa shape index (κ3) is 20.7. The quantitative estimate of drug-likeness (QED) is 0.225. The molecule has 0 heterocycles. The number of hydrogen-bond acceptors (Lipinski definition) is 1. The van der Waals surface area contributed by atoms with Crippen LogP contribution in [0.25, 0.3) is 0 Å². The molecule has 0 amide bonds. The van der Waals surface area contributed by atoms with Gasteiger partial charge in [0.15, 0.2) is 0 Å². The molecule has 0 bridgehead atoms. The van der Waals surface area contributed by atoms with Crippen LogP contribution in [0.1, 0.15) is 96.8 Å².